The molecule has 0 saturated carbocycles. The minimum absolute atomic E-state index is 0.124. The highest BCUT2D eigenvalue weighted by atomic mass is 32.2. The van der Waals surface area contributed by atoms with Crippen LogP contribution < -0.4 is 4.72 Å². The second kappa shape index (κ2) is 8.04. The predicted molar refractivity (Wildman–Crippen MR) is 120 cm³/mol. The normalized spacial score (nSPS) is 16.4. The van der Waals surface area contributed by atoms with Crippen LogP contribution in [0.3, 0.4) is 0 Å². The molecule has 0 aliphatic carbocycles. The van der Waals surface area contributed by atoms with Crippen molar-refractivity contribution in [1.29, 1.82) is 0 Å². The highest BCUT2D eigenvalue weighted by Gasteiger charge is 2.34. The van der Waals surface area contributed by atoms with Crippen molar-refractivity contribution in [2.24, 2.45) is 5.10 Å². The van der Waals surface area contributed by atoms with Crippen LogP contribution in [-0.2, 0) is 10.0 Å². The van der Waals surface area contributed by atoms with Crippen LogP contribution in [0.15, 0.2) is 71.1 Å². The molecule has 1 amide bonds. The summed E-state index contributed by atoms with van der Waals surface area (Å²) in [4.78, 5) is 13.7. The number of anilines is 1. The molecule has 1 N–H and O–H groups in total. The maximum atomic E-state index is 13.1. The molecule has 1 aliphatic heterocycles. The highest BCUT2D eigenvalue weighted by molar-refractivity contribution is 7.92. The number of carbonyl (C=O) groups is 1. The van der Waals surface area contributed by atoms with Crippen LogP contribution in [0.5, 0.6) is 0 Å². The summed E-state index contributed by atoms with van der Waals surface area (Å²) < 4.78 is 25.3. The summed E-state index contributed by atoms with van der Waals surface area (Å²) in [6.45, 7) is 2.03. The Morgan fingerprint density at radius 3 is 2.40 bits per heavy atom. The molecule has 1 unspecified atom stereocenters. The lowest BCUT2D eigenvalue weighted by Gasteiger charge is -2.21. The molecule has 3 aromatic rings. The summed E-state index contributed by atoms with van der Waals surface area (Å²) in [6.07, 6.45) is 1.70. The van der Waals surface area contributed by atoms with E-state index in [4.69, 9.17) is 0 Å². The van der Waals surface area contributed by atoms with E-state index < -0.39 is 10.0 Å². The molecule has 0 bridgehead atoms. The number of thiophene rings is 1. The van der Waals surface area contributed by atoms with Crippen LogP contribution in [0.4, 0.5) is 5.69 Å². The molecule has 30 heavy (non-hydrogen) atoms. The number of hydrogen-bond donors (Lipinski definition) is 1. The Bertz CT molecular complexity index is 1180. The molecule has 1 aromatic heterocycles. The average Bonchev–Trinajstić information content (AvgIpc) is 3.38. The maximum Gasteiger partial charge on any atom is 0.284 e. The van der Waals surface area contributed by atoms with Gasteiger partial charge in [0.1, 0.15) is 0 Å². The van der Waals surface area contributed by atoms with Crippen LogP contribution in [0, 0.1) is 6.92 Å². The first-order chi connectivity index (χ1) is 14.3. The topological polar surface area (TPSA) is 78.8 Å². The standard InChI is InChI=1S/C22H21N3O3S2/c1-15-5-7-17(8-6-15)20-14-19(23-25(20)22(26)21-4-3-13-29-21)16-9-11-18(12-10-16)24-30(2,27)28/h3-13,20,24H,14H2,1-2H3. The van der Waals surface area contributed by atoms with Crippen molar-refractivity contribution >= 4 is 38.7 Å². The van der Waals surface area contributed by atoms with Crippen molar-refractivity contribution in [3.63, 3.8) is 0 Å². The zero-order valence-electron chi connectivity index (χ0n) is 16.6. The highest BCUT2D eigenvalue weighted by Crippen LogP contribution is 2.34. The lowest BCUT2D eigenvalue weighted by atomic mass is 9.97. The van der Waals surface area contributed by atoms with Crippen molar-refractivity contribution < 1.29 is 13.2 Å². The van der Waals surface area contributed by atoms with Gasteiger partial charge in [0.25, 0.3) is 5.91 Å². The summed E-state index contributed by atoms with van der Waals surface area (Å²) >= 11 is 1.40. The molecular formula is C22H21N3O3S2. The Balaban J connectivity index is 1.66. The Labute approximate surface area is 179 Å². The summed E-state index contributed by atoms with van der Waals surface area (Å²) in [5.41, 5.74) is 4.31. The molecule has 0 saturated heterocycles. The van der Waals surface area contributed by atoms with Crippen LogP contribution in [0.25, 0.3) is 0 Å². The lowest BCUT2D eigenvalue weighted by Crippen LogP contribution is -2.26. The third kappa shape index (κ3) is 4.44. The van der Waals surface area contributed by atoms with Gasteiger partial charge in [-0.1, -0.05) is 48.0 Å². The van der Waals surface area contributed by atoms with Crippen molar-refractivity contribution in [2.45, 2.75) is 19.4 Å². The van der Waals surface area contributed by atoms with Crippen LogP contribution in [0.2, 0.25) is 0 Å². The van der Waals surface area contributed by atoms with Crippen LogP contribution in [-0.4, -0.2) is 31.3 Å². The first kappa shape index (κ1) is 20.3. The minimum Gasteiger partial charge on any atom is -0.284 e. The number of carbonyl (C=O) groups excluding carboxylic acids is 1. The second-order valence-corrected chi connectivity index (χ2v) is 9.95. The van der Waals surface area contributed by atoms with Crippen molar-refractivity contribution in [3.8, 4) is 0 Å². The van der Waals surface area contributed by atoms with E-state index in [1.807, 2.05) is 54.8 Å². The molecule has 4 rings (SSSR count). The smallest absolute Gasteiger partial charge is 0.284 e. The molecule has 0 radical (unpaired) electrons. The number of nitrogens with zero attached hydrogens (tertiary/aromatic N) is 2. The van der Waals surface area contributed by atoms with Crippen LogP contribution >= 0.6 is 11.3 Å². The molecule has 8 heteroatoms. The summed E-state index contributed by atoms with van der Waals surface area (Å²) in [6, 6.07) is 18.6. The first-order valence-electron chi connectivity index (χ1n) is 9.39. The van der Waals surface area contributed by atoms with Gasteiger partial charge < -0.3 is 0 Å². The van der Waals surface area contributed by atoms with Crippen molar-refractivity contribution in [3.05, 3.63) is 87.6 Å². The van der Waals surface area contributed by atoms with Gasteiger partial charge in [0, 0.05) is 12.1 Å². The van der Waals surface area contributed by atoms with E-state index in [0.717, 1.165) is 28.7 Å². The third-order valence-corrected chi connectivity index (χ3v) is 6.30. The third-order valence-electron chi connectivity index (χ3n) is 4.83. The number of aryl methyl sites for hydroxylation is 1. The quantitative estimate of drug-likeness (QED) is 0.639. The van der Waals surface area contributed by atoms with Gasteiger partial charge in [0.05, 0.1) is 22.9 Å². The second-order valence-electron chi connectivity index (χ2n) is 7.26. The monoisotopic (exact) mass is 439 g/mol. The molecule has 154 valence electrons. The number of hydrogen-bond acceptors (Lipinski definition) is 5. The molecule has 0 spiro atoms. The van der Waals surface area contributed by atoms with Gasteiger partial charge in [0.15, 0.2) is 0 Å². The van der Waals surface area contributed by atoms with E-state index in [-0.39, 0.29) is 11.9 Å². The molecule has 2 aromatic carbocycles. The average molecular weight is 440 g/mol. The van der Waals surface area contributed by atoms with E-state index in [2.05, 4.69) is 9.82 Å². The zero-order valence-corrected chi connectivity index (χ0v) is 18.2. The fourth-order valence-corrected chi connectivity index (χ4v) is 4.60. The van der Waals surface area contributed by atoms with E-state index in [9.17, 15) is 13.2 Å². The molecule has 0 fully saturated rings. The lowest BCUT2D eigenvalue weighted by molar-refractivity contribution is 0.0716. The Kier molecular flexibility index (Phi) is 5.44. The fourth-order valence-electron chi connectivity index (χ4n) is 3.38. The van der Waals surface area contributed by atoms with Gasteiger partial charge in [-0.3, -0.25) is 9.52 Å². The minimum atomic E-state index is -3.33. The Hall–Kier alpha value is -2.97. The summed E-state index contributed by atoms with van der Waals surface area (Å²) in [5, 5.41) is 8.11. The van der Waals surface area contributed by atoms with E-state index >= 15 is 0 Å². The number of rotatable bonds is 5. The van der Waals surface area contributed by atoms with E-state index in [1.165, 1.54) is 11.3 Å². The van der Waals surface area contributed by atoms with Gasteiger partial charge >= 0.3 is 0 Å². The molecule has 6 nitrogen and oxygen atoms in total. The fraction of sp³-hybridized carbons (Fsp3) is 0.182. The first-order valence-corrected chi connectivity index (χ1v) is 12.2. The number of hydrazone groups is 1. The maximum absolute atomic E-state index is 13.1. The summed E-state index contributed by atoms with van der Waals surface area (Å²) in [7, 11) is -3.33. The van der Waals surface area contributed by atoms with Gasteiger partial charge in [-0.05, 0) is 41.6 Å². The number of sulfonamides is 1. The van der Waals surface area contributed by atoms with Gasteiger partial charge in [-0.25, -0.2) is 13.4 Å². The van der Waals surface area contributed by atoms with Gasteiger partial charge in [-0.2, -0.15) is 5.10 Å². The predicted octanol–water partition coefficient (Wildman–Crippen LogP) is 4.42. The van der Waals surface area contributed by atoms with E-state index in [0.29, 0.717) is 17.0 Å². The summed E-state index contributed by atoms with van der Waals surface area (Å²) in [5.74, 6) is -0.124. The van der Waals surface area contributed by atoms with E-state index in [1.54, 1.807) is 23.2 Å². The number of nitrogens with one attached hydrogen (secondary N) is 1. The van der Waals surface area contributed by atoms with Crippen molar-refractivity contribution in [2.75, 3.05) is 11.0 Å². The SMILES string of the molecule is Cc1ccc(C2CC(c3ccc(NS(C)(=O)=O)cc3)=NN2C(=O)c2cccs2)cc1. The molecule has 1 aliphatic rings. The Morgan fingerprint density at radius 2 is 1.80 bits per heavy atom. The Morgan fingerprint density at radius 1 is 1.10 bits per heavy atom. The molecule has 1 atom stereocenters. The molecular weight excluding hydrogens is 418 g/mol. The zero-order chi connectivity index (χ0) is 21.3. The van der Waals surface area contributed by atoms with Crippen LogP contribution in [0.1, 0.15) is 38.8 Å². The van der Waals surface area contributed by atoms with Crippen molar-refractivity contribution in [1.82, 2.24) is 5.01 Å². The number of amides is 1. The van der Waals surface area contributed by atoms with Gasteiger partial charge in [0.2, 0.25) is 10.0 Å². The van der Waals surface area contributed by atoms with Gasteiger partial charge in [-0.15, -0.1) is 11.3 Å². The molecule has 2 heterocycles. The largest absolute Gasteiger partial charge is 0.284 e. The number of benzene rings is 2.